The second kappa shape index (κ2) is 6.94. The Morgan fingerprint density at radius 3 is 2.59 bits per heavy atom. The molecular weight excluding hydrogens is 373 g/mol. The Bertz CT molecular complexity index is 908. The van der Waals surface area contributed by atoms with E-state index < -0.39 is 29.5 Å². The Morgan fingerprint density at radius 2 is 1.96 bits per heavy atom. The van der Waals surface area contributed by atoms with E-state index >= 15 is 0 Å². The van der Waals surface area contributed by atoms with Crippen LogP contribution in [-0.2, 0) is 0 Å². The third-order valence-electron chi connectivity index (χ3n) is 4.63. The molecule has 3 rings (SSSR count). The number of hydrogen-bond donors (Lipinski definition) is 2. The maximum Gasteiger partial charge on any atom is 0.256 e. The first-order valence-corrected chi connectivity index (χ1v) is 8.76. The molecule has 0 radical (unpaired) electrons. The highest BCUT2D eigenvalue weighted by molar-refractivity contribution is 6.33. The van der Waals surface area contributed by atoms with Crippen LogP contribution in [0.1, 0.15) is 53.1 Å². The number of fused-ring (bicyclic) bond motifs is 1. The van der Waals surface area contributed by atoms with Crippen molar-refractivity contribution in [1.29, 1.82) is 0 Å². The van der Waals surface area contributed by atoms with Crippen molar-refractivity contribution in [3.8, 4) is 5.75 Å². The van der Waals surface area contributed by atoms with Gasteiger partial charge in [0, 0.05) is 11.1 Å². The minimum atomic E-state index is -1.14. The molecule has 5 nitrogen and oxygen atoms in total. The SMILES string of the molecule is CC(=O)c1ccc2c(c1)C(NC(=O)c1c(F)cccc1Cl)C(O)C(C)(C)O2. The number of aliphatic hydroxyl groups is 1. The zero-order chi connectivity index (χ0) is 19.9. The van der Waals surface area contributed by atoms with Crippen molar-refractivity contribution in [2.24, 2.45) is 0 Å². The monoisotopic (exact) mass is 391 g/mol. The number of aliphatic hydroxyl groups excluding tert-OH is 1. The Morgan fingerprint density at radius 1 is 1.26 bits per heavy atom. The summed E-state index contributed by atoms with van der Waals surface area (Å²) >= 11 is 5.97. The Hall–Kier alpha value is -2.44. The van der Waals surface area contributed by atoms with Gasteiger partial charge in [0.2, 0.25) is 0 Å². The van der Waals surface area contributed by atoms with E-state index in [1.165, 1.54) is 19.1 Å². The number of rotatable bonds is 3. The van der Waals surface area contributed by atoms with Gasteiger partial charge in [0.1, 0.15) is 23.3 Å². The average molecular weight is 392 g/mol. The highest BCUT2D eigenvalue weighted by Crippen LogP contribution is 2.40. The lowest BCUT2D eigenvalue weighted by Crippen LogP contribution is -2.53. The second-order valence-electron chi connectivity index (χ2n) is 7.01. The molecular formula is C20H19ClFNO4. The highest BCUT2D eigenvalue weighted by atomic mass is 35.5. The zero-order valence-corrected chi connectivity index (χ0v) is 15.8. The van der Waals surface area contributed by atoms with E-state index in [1.54, 1.807) is 32.0 Å². The van der Waals surface area contributed by atoms with Gasteiger partial charge in [0.25, 0.3) is 5.91 Å². The minimum Gasteiger partial charge on any atom is -0.485 e. The van der Waals surface area contributed by atoms with E-state index in [0.29, 0.717) is 16.9 Å². The van der Waals surface area contributed by atoms with Crippen LogP contribution in [0.2, 0.25) is 5.02 Å². The molecule has 7 heteroatoms. The number of ketones is 1. The number of Topliss-reactive ketones (excluding diaryl/α,β-unsaturated/α-hetero) is 1. The molecule has 0 bridgehead atoms. The molecule has 2 atom stereocenters. The number of benzene rings is 2. The topological polar surface area (TPSA) is 75.6 Å². The summed E-state index contributed by atoms with van der Waals surface area (Å²) in [6.45, 7) is 4.77. The Kier molecular flexibility index (Phi) is 4.97. The molecule has 1 amide bonds. The van der Waals surface area contributed by atoms with Crippen molar-refractivity contribution in [2.75, 3.05) is 0 Å². The van der Waals surface area contributed by atoms with Gasteiger partial charge in [-0.05, 0) is 51.1 Å². The molecule has 2 aromatic carbocycles. The van der Waals surface area contributed by atoms with E-state index in [-0.39, 0.29) is 16.4 Å². The lowest BCUT2D eigenvalue weighted by atomic mass is 9.85. The van der Waals surface area contributed by atoms with Gasteiger partial charge >= 0.3 is 0 Å². The van der Waals surface area contributed by atoms with Crippen LogP contribution in [0, 0.1) is 5.82 Å². The molecule has 1 heterocycles. The first-order chi connectivity index (χ1) is 12.6. The summed E-state index contributed by atoms with van der Waals surface area (Å²) in [6.07, 6.45) is -1.14. The molecule has 2 aromatic rings. The lowest BCUT2D eigenvalue weighted by molar-refractivity contribution is -0.0627. The van der Waals surface area contributed by atoms with Crippen molar-refractivity contribution in [3.63, 3.8) is 0 Å². The number of carbonyl (C=O) groups excluding carboxylic acids is 2. The van der Waals surface area contributed by atoms with Gasteiger partial charge in [0.15, 0.2) is 5.78 Å². The van der Waals surface area contributed by atoms with Crippen molar-refractivity contribution in [3.05, 3.63) is 63.9 Å². The molecule has 27 heavy (non-hydrogen) atoms. The molecule has 0 aromatic heterocycles. The van der Waals surface area contributed by atoms with Crippen molar-refractivity contribution in [1.82, 2.24) is 5.32 Å². The molecule has 2 N–H and O–H groups in total. The minimum absolute atomic E-state index is 0.0361. The van der Waals surface area contributed by atoms with E-state index in [1.807, 2.05) is 0 Å². The summed E-state index contributed by atoms with van der Waals surface area (Å²) in [4.78, 5) is 24.4. The predicted octanol–water partition coefficient (Wildman–Crippen LogP) is 3.68. The number of carbonyl (C=O) groups is 2. The summed E-state index contributed by atoms with van der Waals surface area (Å²) in [6, 6.07) is 7.82. The molecule has 0 saturated heterocycles. The largest absolute Gasteiger partial charge is 0.485 e. The number of halogens is 2. The van der Waals surface area contributed by atoms with E-state index in [2.05, 4.69) is 5.32 Å². The third-order valence-corrected chi connectivity index (χ3v) is 4.94. The fourth-order valence-corrected chi connectivity index (χ4v) is 3.35. The first-order valence-electron chi connectivity index (χ1n) is 8.38. The number of amides is 1. The maximum atomic E-state index is 14.1. The van der Waals surface area contributed by atoms with Gasteiger partial charge in [-0.2, -0.15) is 0 Å². The fourth-order valence-electron chi connectivity index (χ4n) is 3.10. The highest BCUT2D eigenvalue weighted by Gasteiger charge is 2.44. The average Bonchev–Trinajstić information content (AvgIpc) is 2.58. The van der Waals surface area contributed by atoms with Gasteiger partial charge in [-0.15, -0.1) is 0 Å². The molecule has 142 valence electrons. The van der Waals surface area contributed by atoms with Crippen molar-refractivity contribution in [2.45, 2.75) is 38.5 Å². The van der Waals surface area contributed by atoms with E-state index in [0.717, 1.165) is 6.07 Å². The van der Waals surface area contributed by atoms with Crippen molar-refractivity contribution < 1.29 is 23.8 Å². The van der Waals surface area contributed by atoms with Crippen LogP contribution in [0.3, 0.4) is 0 Å². The number of ether oxygens (including phenoxy) is 1. The fraction of sp³-hybridized carbons (Fsp3) is 0.300. The summed E-state index contributed by atoms with van der Waals surface area (Å²) < 4.78 is 19.9. The smallest absolute Gasteiger partial charge is 0.256 e. The van der Waals surface area contributed by atoms with Crippen LogP contribution < -0.4 is 10.1 Å². The molecule has 0 saturated carbocycles. The Balaban J connectivity index is 2.04. The molecule has 0 fully saturated rings. The molecule has 0 spiro atoms. The van der Waals surface area contributed by atoms with Crippen LogP contribution in [0.15, 0.2) is 36.4 Å². The first kappa shape index (κ1) is 19.3. The number of hydrogen-bond acceptors (Lipinski definition) is 4. The summed E-state index contributed by atoms with van der Waals surface area (Å²) in [7, 11) is 0. The van der Waals surface area contributed by atoms with Gasteiger partial charge < -0.3 is 15.2 Å². The van der Waals surface area contributed by atoms with Gasteiger partial charge in [-0.3, -0.25) is 9.59 Å². The quantitative estimate of drug-likeness (QED) is 0.782. The summed E-state index contributed by atoms with van der Waals surface area (Å²) in [5.74, 6) is -1.27. The standard InChI is InChI=1S/C20H19ClFNO4/c1-10(24)11-7-8-15-12(9-11)17(18(25)20(2,3)27-15)23-19(26)16-13(21)5-4-6-14(16)22/h4-9,17-18,25H,1-3H3,(H,23,26). The van der Waals surface area contributed by atoms with Gasteiger partial charge in [0.05, 0.1) is 16.6 Å². The van der Waals surface area contributed by atoms with E-state index in [9.17, 15) is 19.1 Å². The number of nitrogens with one attached hydrogen (secondary N) is 1. The van der Waals surface area contributed by atoms with E-state index in [4.69, 9.17) is 16.3 Å². The van der Waals surface area contributed by atoms with Crippen LogP contribution in [0.5, 0.6) is 5.75 Å². The van der Waals surface area contributed by atoms with Gasteiger partial charge in [-0.1, -0.05) is 17.7 Å². The normalized spacial score (nSPS) is 20.4. The van der Waals surface area contributed by atoms with Crippen molar-refractivity contribution >= 4 is 23.3 Å². The zero-order valence-electron chi connectivity index (χ0n) is 15.0. The molecule has 0 aliphatic carbocycles. The second-order valence-corrected chi connectivity index (χ2v) is 7.41. The summed E-state index contributed by atoms with van der Waals surface area (Å²) in [5.41, 5.74) is -0.468. The molecule has 2 unspecified atom stereocenters. The predicted molar refractivity (Wildman–Crippen MR) is 98.8 cm³/mol. The van der Waals surface area contributed by atoms with Gasteiger partial charge in [-0.25, -0.2) is 4.39 Å². The van der Waals surface area contributed by atoms with Crippen LogP contribution in [0.25, 0.3) is 0 Å². The lowest BCUT2D eigenvalue weighted by Gasteiger charge is -2.42. The van der Waals surface area contributed by atoms with Crippen LogP contribution >= 0.6 is 11.6 Å². The van der Waals surface area contributed by atoms with Crippen LogP contribution in [-0.4, -0.2) is 28.5 Å². The third kappa shape index (κ3) is 3.55. The maximum absolute atomic E-state index is 14.1. The molecule has 1 aliphatic heterocycles. The summed E-state index contributed by atoms with van der Waals surface area (Å²) in [5, 5.41) is 13.4. The Labute approximate surface area is 161 Å². The van der Waals surface area contributed by atoms with Crippen LogP contribution in [0.4, 0.5) is 4.39 Å². The molecule has 1 aliphatic rings.